The number of rotatable bonds is 3. The highest BCUT2D eigenvalue weighted by Crippen LogP contribution is 2.31. The summed E-state index contributed by atoms with van der Waals surface area (Å²) >= 11 is 0. The highest BCUT2D eigenvalue weighted by molar-refractivity contribution is 5.23. The van der Waals surface area contributed by atoms with E-state index in [1.165, 1.54) is 6.07 Å². The minimum atomic E-state index is -0.238. The van der Waals surface area contributed by atoms with Crippen LogP contribution in [0.2, 0.25) is 0 Å². The fraction of sp³-hybridized carbons (Fsp3) is 0.455. The molecule has 0 spiro atoms. The number of hydrogen-bond donors (Lipinski definition) is 1. The molecule has 0 amide bonds. The first-order valence-electron chi connectivity index (χ1n) is 4.76. The largest absolute Gasteiger partial charge is 0.396 e. The molecule has 0 bridgehead atoms. The van der Waals surface area contributed by atoms with Gasteiger partial charge in [-0.25, -0.2) is 4.39 Å². The Morgan fingerprint density at radius 3 is 2.64 bits per heavy atom. The summed E-state index contributed by atoms with van der Waals surface area (Å²) in [4.78, 5) is 0. The average molecular weight is 196 g/mol. The van der Waals surface area contributed by atoms with Crippen LogP contribution in [0.15, 0.2) is 24.3 Å². The zero-order valence-corrected chi connectivity index (χ0v) is 7.82. The molecule has 1 unspecified atom stereocenters. The molecule has 1 aromatic carbocycles. The topological polar surface area (TPSA) is 29.5 Å². The van der Waals surface area contributed by atoms with Crippen LogP contribution in [-0.4, -0.2) is 24.9 Å². The minimum Gasteiger partial charge on any atom is -0.396 e. The third-order valence-electron chi connectivity index (χ3n) is 2.73. The van der Waals surface area contributed by atoms with E-state index < -0.39 is 0 Å². The van der Waals surface area contributed by atoms with Gasteiger partial charge in [-0.2, -0.15) is 0 Å². The maximum absolute atomic E-state index is 13.4. The van der Waals surface area contributed by atoms with Crippen LogP contribution in [0.25, 0.3) is 0 Å². The normalized spacial score (nSPS) is 19.0. The van der Waals surface area contributed by atoms with Gasteiger partial charge >= 0.3 is 0 Å². The highest BCUT2D eigenvalue weighted by Gasteiger charge is 2.30. The first-order chi connectivity index (χ1) is 6.83. The van der Waals surface area contributed by atoms with Crippen molar-refractivity contribution in [3.63, 3.8) is 0 Å². The lowest BCUT2D eigenvalue weighted by Gasteiger charge is -2.33. The predicted molar refractivity (Wildman–Crippen MR) is 50.5 cm³/mol. The molecule has 1 aliphatic rings. The summed E-state index contributed by atoms with van der Waals surface area (Å²) in [5, 5.41) is 9.22. The lowest BCUT2D eigenvalue weighted by atomic mass is 9.85. The van der Waals surface area contributed by atoms with Gasteiger partial charge in [0.15, 0.2) is 0 Å². The van der Waals surface area contributed by atoms with Crippen molar-refractivity contribution in [3.05, 3.63) is 35.6 Å². The smallest absolute Gasteiger partial charge is 0.126 e. The molecular weight excluding hydrogens is 183 g/mol. The SMILES string of the molecule is OCC(c1ccccc1F)C1COC1. The summed E-state index contributed by atoms with van der Waals surface area (Å²) in [7, 11) is 0. The molecule has 0 aliphatic carbocycles. The van der Waals surface area contributed by atoms with Crippen molar-refractivity contribution in [2.24, 2.45) is 5.92 Å². The second-order valence-electron chi connectivity index (χ2n) is 3.61. The molecule has 1 aromatic rings. The Hall–Kier alpha value is -0.930. The van der Waals surface area contributed by atoms with Gasteiger partial charge in [0, 0.05) is 11.8 Å². The van der Waals surface area contributed by atoms with E-state index in [1.807, 2.05) is 0 Å². The second kappa shape index (κ2) is 4.07. The standard InChI is InChI=1S/C11H13FO2/c12-11-4-2-1-3-9(11)10(5-13)8-6-14-7-8/h1-4,8,10,13H,5-7H2. The summed E-state index contributed by atoms with van der Waals surface area (Å²) in [6.45, 7) is 1.23. The van der Waals surface area contributed by atoms with Gasteiger partial charge in [0.05, 0.1) is 19.8 Å². The molecule has 1 heterocycles. The molecule has 1 N–H and O–H groups in total. The molecule has 1 saturated heterocycles. The summed E-state index contributed by atoms with van der Waals surface area (Å²) in [6.07, 6.45) is 0. The van der Waals surface area contributed by atoms with Crippen LogP contribution in [0.3, 0.4) is 0 Å². The van der Waals surface area contributed by atoms with Crippen LogP contribution in [0.4, 0.5) is 4.39 Å². The molecule has 76 valence electrons. The van der Waals surface area contributed by atoms with Gasteiger partial charge in [0.1, 0.15) is 5.82 Å². The van der Waals surface area contributed by atoms with Crippen molar-refractivity contribution in [1.82, 2.24) is 0 Å². The van der Waals surface area contributed by atoms with Crippen molar-refractivity contribution in [2.75, 3.05) is 19.8 Å². The van der Waals surface area contributed by atoms with Crippen LogP contribution in [0.1, 0.15) is 11.5 Å². The highest BCUT2D eigenvalue weighted by atomic mass is 19.1. The monoisotopic (exact) mass is 196 g/mol. The van der Waals surface area contributed by atoms with E-state index in [1.54, 1.807) is 18.2 Å². The number of halogens is 1. The molecule has 14 heavy (non-hydrogen) atoms. The van der Waals surface area contributed by atoms with Crippen LogP contribution in [0, 0.1) is 11.7 Å². The minimum absolute atomic E-state index is 0.0189. The Bertz CT molecular complexity index is 310. The maximum atomic E-state index is 13.4. The molecule has 0 radical (unpaired) electrons. The van der Waals surface area contributed by atoms with Crippen molar-refractivity contribution >= 4 is 0 Å². The maximum Gasteiger partial charge on any atom is 0.126 e. The zero-order chi connectivity index (χ0) is 9.97. The van der Waals surface area contributed by atoms with E-state index in [-0.39, 0.29) is 24.3 Å². The van der Waals surface area contributed by atoms with E-state index in [4.69, 9.17) is 4.74 Å². The molecular formula is C11H13FO2. The van der Waals surface area contributed by atoms with Gasteiger partial charge in [-0.05, 0) is 11.6 Å². The Labute approximate surface area is 82.3 Å². The van der Waals surface area contributed by atoms with Crippen LogP contribution in [0.5, 0.6) is 0 Å². The van der Waals surface area contributed by atoms with Crippen molar-refractivity contribution in [2.45, 2.75) is 5.92 Å². The van der Waals surface area contributed by atoms with Crippen LogP contribution >= 0.6 is 0 Å². The first kappa shape index (κ1) is 9.62. The molecule has 1 fully saturated rings. The molecule has 1 aliphatic heterocycles. The third kappa shape index (κ3) is 1.65. The Morgan fingerprint density at radius 1 is 1.43 bits per heavy atom. The van der Waals surface area contributed by atoms with Gasteiger partial charge in [-0.1, -0.05) is 18.2 Å². The van der Waals surface area contributed by atoms with Gasteiger partial charge in [0.2, 0.25) is 0 Å². The molecule has 3 heteroatoms. The van der Waals surface area contributed by atoms with E-state index in [0.717, 1.165) is 0 Å². The summed E-state index contributed by atoms with van der Waals surface area (Å²) in [5.74, 6) is -0.0969. The van der Waals surface area contributed by atoms with Crippen molar-refractivity contribution in [1.29, 1.82) is 0 Å². The number of benzene rings is 1. The number of aliphatic hydroxyl groups is 1. The molecule has 2 nitrogen and oxygen atoms in total. The van der Waals surface area contributed by atoms with Crippen LogP contribution in [-0.2, 0) is 4.74 Å². The third-order valence-corrected chi connectivity index (χ3v) is 2.73. The Morgan fingerprint density at radius 2 is 2.14 bits per heavy atom. The predicted octanol–water partition coefficient (Wildman–Crippen LogP) is 1.55. The lowest BCUT2D eigenvalue weighted by molar-refractivity contribution is -0.0532. The quantitative estimate of drug-likeness (QED) is 0.794. The van der Waals surface area contributed by atoms with Gasteiger partial charge in [0.25, 0.3) is 0 Å². The fourth-order valence-corrected chi connectivity index (χ4v) is 1.76. The number of hydrogen-bond acceptors (Lipinski definition) is 2. The zero-order valence-electron chi connectivity index (χ0n) is 7.82. The van der Waals surface area contributed by atoms with E-state index in [0.29, 0.717) is 18.8 Å². The average Bonchev–Trinajstić information content (AvgIpc) is 2.12. The Kier molecular flexibility index (Phi) is 2.79. The van der Waals surface area contributed by atoms with Gasteiger partial charge in [-0.3, -0.25) is 0 Å². The summed E-state index contributed by atoms with van der Waals surface area (Å²) < 4.78 is 18.4. The van der Waals surface area contributed by atoms with Gasteiger partial charge < -0.3 is 9.84 Å². The van der Waals surface area contributed by atoms with E-state index in [9.17, 15) is 9.50 Å². The van der Waals surface area contributed by atoms with Crippen molar-refractivity contribution < 1.29 is 14.2 Å². The molecule has 0 aromatic heterocycles. The lowest BCUT2D eigenvalue weighted by Crippen LogP contribution is -2.35. The van der Waals surface area contributed by atoms with Gasteiger partial charge in [-0.15, -0.1) is 0 Å². The van der Waals surface area contributed by atoms with Crippen LogP contribution < -0.4 is 0 Å². The molecule has 1 atom stereocenters. The number of aliphatic hydroxyl groups excluding tert-OH is 1. The second-order valence-corrected chi connectivity index (χ2v) is 3.61. The summed E-state index contributed by atoms with van der Waals surface area (Å²) in [5.41, 5.74) is 0.600. The fourth-order valence-electron chi connectivity index (χ4n) is 1.76. The summed E-state index contributed by atoms with van der Waals surface area (Å²) in [6, 6.07) is 6.61. The number of ether oxygens (including phenoxy) is 1. The first-order valence-corrected chi connectivity index (χ1v) is 4.76. The molecule has 2 rings (SSSR count). The molecule has 0 saturated carbocycles. The Balaban J connectivity index is 2.22. The van der Waals surface area contributed by atoms with E-state index >= 15 is 0 Å². The van der Waals surface area contributed by atoms with E-state index in [2.05, 4.69) is 0 Å². The van der Waals surface area contributed by atoms with Crippen molar-refractivity contribution in [3.8, 4) is 0 Å².